The van der Waals surface area contributed by atoms with E-state index < -0.39 is 127 Å². The minimum absolute atomic E-state index is 0.0124. The Hall–Kier alpha value is -6.53. The first-order valence-corrected chi connectivity index (χ1v) is 24.0. The van der Waals surface area contributed by atoms with Crippen LogP contribution in [0.5, 0.6) is 23.0 Å². The van der Waals surface area contributed by atoms with Crippen LogP contribution in [0.25, 0.3) is 0 Å². The molecule has 364 valence electrons. The molecule has 6 rings (SSSR count). The summed E-state index contributed by atoms with van der Waals surface area (Å²) in [6.45, 7) is 7.30. The molecule has 6 aromatic carbocycles. The molecule has 12 nitrogen and oxygen atoms in total. The van der Waals surface area contributed by atoms with Gasteiger partial charge in [0.25, 0.3) is 20.2 Å². The predicted molar refractivity (Wildman–Crippen MR) is 229 cm³/mol. The van der Waals surface area contributed by atoms with E-state index in [4.69, 9.17) is 9.47 Å². The molecule has 0 bridgehead atoms. The minimum Gasteiger partial charge on any atom is -0.456 e. The fourth-order valence-corrected chi connectivity index (χ4v) is 10.3. The summed E-state index contributed by atoms with van der Waals surface area (Å²) in [7, 11) is -12.6. The zero-order chi connectivity index (χ0) is 51.6. The van der Waals surface area contributed by atoms with Crippen LogP contribution in [0, 0.1) is 88.1 Å². The predicted octanol–water partition coefficient (Wildman–Crippen LogP) is 10.3. The van der Waals surface area contributed by atoms with Crippen LogP contribution in [0.2, 0.25) is 0 Å². The lowest BCUT2D eigenvalue weighted by atomic mass is 9.98. The number of ether oxygens (including phenoxy) is 2. The minimum atomic E-state index is -4.77. The highest BCUT2D eigenvalue weighted by atomic mass is 32.2. The molecule has 6 aromatic rings. The summed E-state index contributed by atoms with van der Waals surface area (Å²) in [6, 6.07) is 11.6. The number of sulfone groups is 1. The molecule has 23 heteroatoms. The molecule has 0 spiro atoms. The third kappa shape index (κ3) is 9.73. The van der Waals surface area contributed by atoms with Gasteiger partial charge in [0.2, 0.25) is 33.0 Å². The van der Waals surface area contributed by atoms with Gasteiger partial charge in [-0.1, -0.05) is 12.1 Å². The summed E-state index contributed by atoms with van der Waals surface area (Å²) in [5.74, 6) is -25.8. The van der Waals surface area contributed by atoms with Crippen molar-refractivity contribution < 1.29 is 88.2 Å². The maximum Gasteiger partial charge on any atom is 0.296 e. The second-order valence-corrected chi connectivity index (χ2v) is 20.6. The van der Waals surface area contributed by atoms with Crippen molar-refractivity contribution in [1.29, 1.82) is 0 Å². The van der Waals surface area contributed by atoms with Crippen molar-refractivity contribution in [3.63, 3.8) is 0 Å². The maximum atomic E-state index is 15.4. The van der Waals surface area contributed by atoms with Crippen molar-refractivity contribution in [3.8, 4) is 23.0 Å². The van der Waals surface area contributed by atoms with Crippen LogP contribution in [0.15, 0.2) is 75.4 Å². The number of rotatable bonds is 14. The normalized spacial score (nSPS) is 12.1. The van der Waals surface area contributed by atoms with Gasteiger partial charge in [-0.05, 0) is 118 Å². The van der Waals surface area contributed by atoms with E-state index in [-0.39, 0.29) is 65.8 Å². The first-order chi connectivity index (χ1) is 31.9. The molecular formula is C46H34F8O12S3. The van der Waals surface area contributed by atoms with Crippen LogP contribution in [0.4, 0.5) is 35.1 Å². The summed E-state index contributed by atoms with van der Waals surface area (Å²) in [6.07, 6.45) is 0. The number of carbonyl (C=O) groups is 2. The number of ketones is 2. The van der Waals surface area contributed by atoms with Crippen LogP contribution >= 0.6 is 0 Å². The van der Waals surface area contributed by atoms with E-state index in [0.29, 0.717) is 6.92 Å². The molecule has 0 unspecified atom stereocenters. The lowest BCUT2D eigenvalue weighted by Crippen LogP contribution is -2.18. The maximum absolute atomic E-state index is 15.4. The largest absolute Gasteiger partial charge is 0.456 e. The molecular weight excluding hydrogens is 993 g/mol. The van der Waals surface area contributed by atoms with E-state index in [1.807, 2.05) is 0 Å². The van der Waals surface area contributed by atoms with Crippen LogP contribution in [-0.2, 0) is 40.0 Å². The SMILES string of the molecule is COS(=O)(=O)c1cc(C(=O)c2ccc(Oc3c(C)cc(S(=O)(=O)c4cc(C)c(Oc5c(F)c(F)c(C(=O)c6c(F)c(F)c(C)c(F)c6F)c(F)c5F)c(C)c4)cc3C)c(CS(=O)(=O)O)c2)ccc1C. The molecule has 0 amide bonds. The number of benzene rings is 6. The Morgan fingerprint density at radius 2 is 0.928 bits per heavy atom. The van der Waals surface area contributed by atoms with E-state index in [1.54, 1.807) is 0 Å². The Balaban J connectivity index is 1.31. The Kier molecular flexibility index (Phi) is 14.1. The third-order valence-electron chi connectivity index (χ3n) is 10.7. The Morgan fingerprint density at radius 3 is 1.38 bits per heavy atom. The van der Waals surface area contributed by atoms with Gasteiger partial charge in [-0.2, -0.15) is 25.6 Å². The first kappa shape index (κ1) is 51.9. The van der Waals surface area contributed by atoms with Crippen molar-refractivity contribution in [1.82, 2.24) is 0 Å². The van der Waals surface area contributed by atoms with Gasteiger partial charge in [0.1, 0.15) is 34.1 Å². The van der Waals surface area contributed by atoms with Gasteiger partial charge in [-0.3, -0.25) is 18.3 Å². The molecule has 0 aromatic heterocycles. The number of hydrogen-bond donors (Lipinski definition) is 1. The van der Waals surface area contributed by atoms with Crippen molar-refractivity contribution >= 4 is 41.6 Å². The molecule has 0 aliphatic carbocycles. The van der Waals surface area contributed by atoms with Crippen molar-refractivity contribution in [2.45, 2.75) is 62.0 Å². The van der Waals surface area contributed by atoms with E-state index in [1.165, 1.54) is 71.0 Å². The first-order valence-electron chi connectivity index (χ1n) is 19.5. The van der Waals surface area contributed by atoms with Crippen molar-refractivity contribution in [2.24, 2.45) is 0 Å². The van der Waals surface area contributed by atoms with Gasteiger partial charge in [-0.25, -0.2) is 34.8 Å². The summed E-state index contributed by atoms with van der Waals surface area (Å²) >= 11 is 0. The van der Waals surface area contributed by atoms with E-state index in [2.05, 4.69) is 4.18 Å². The molecule has 0 radical (unpaired) electrons. The number of halogens is 8. The molecule has 0 heterocycles. The smallest absolute Gasteiger partial charge is 0.296 e. The number of aryl methyl sites for hydroxylation is 5. The van der Waals surface area contributed by atoms with Crippen LogP contribution in [0.3, 0.4) is 0 Å². The molecule has 0 aliphatic rings. The van der Waals surface area contributed by atoms with Gasteiger partial charge in [0.05, 0.1) is 21.8 Å². The zero-order valence-electron chi connectivity index (χ0n) is 36.7. The van der Waals surface area contributed by atoms with Crippen LogP contribution in [0.1, 0.15) is 70.8 Å². The lowest BCUT2D eigenvalue weighted by Gasteiger charge is -2.18. The Labute approximate surface area is 388 Å². The highest BCUT2D eigenvalue weighted by Gasteiger charge is 2.37. The fraction of sp³-hybridized carbons (Fsp3) is 0.174. The van der Waals surface area contributed by atoms with Gasteiger partial charge in [0.15, 0.2) is 40.7 Å². The number of hydrogen-bond acceptors (Lipinski definition) is 11. The Morgan fingerprint density at radius 1 is 0.507 bits per heavy atom. The van der Waals surface area contributed by atoms with E-state index in [9.17, 15) is 57.0 Å². The molecule has 69 heavy (non-hydrogen) atoms. The van der Waals surface area contributed by atoms with E-state index in [0.717, 1.165) is 31.4 Å². The second-order valence-electron chi connectivity index (χ2n) is 15.5. The van der Waals surface area contributed by atoms with Crippen molar-refractivity contribution in [2.75, 3.05) is 7.11 Å². The number of carbonyl (C=O) groups excluding carboxylic acids is 2. The van der Waals surface area contributed by atoms with Crippen LogP contribution in [-0.4, -0.2) is 48.5 Å². The zero-order valence-corrected chi connectivity index (χ0v) is 39.1. The van der Waals surface area contributed by atoms with E-state index >= 15 is 17.6 Å². The quantitative estimate of drug-likeness (QED) is 0.0359. The monoisotopic (exact) mass is 1030 g/mol. The fourth-order valence-electron chi connectivity index (χ4n) is 7.16. The molecule has 0 aliphatic heterocycles. The van der Waals surface area contributed by atoms with Gasteiger partial charge >= 0.3 is 0 Å². The average Bonchev–Trinajstić information content (AvgIpc) is 3.27. The average molecular weight is 1030 g/mol. The molecule has 0 saturated carbocycles. The lowest BCUT2D eigenvalue weighted by molar-refractivity contribution is 0.101. The van der Waals surface area contributed by atoms with Gasteiger partial charge in [0, 0.05) is 22.3 Å². The molecule has 1 N–H and O–H groups in total. The van der Waals surface area contributed by atoms with Gasteiger partial charge in [-0.15, -0.1) is 0 Å². The molecule has 0 saturated heterocycles. The third-order valence-corrected chi connectivity index (χ3v) is 14.5. The standard InChI is InChI=1S/C46H34F8O12S3/c1-19-8-9-26(17-31(19)69(62,63)64-7)42(55)25-10-11-30(27(16-25)18-67(57,58)59)65-44-20(2)12-28(13-21(44)3)68(60,61)29-14-22(4)45(23(5)15-29)66-46-40(53)38(51)33(39(52)41(46)54)43(56)32-36(49)34(47)24(6)35(48)37(32)50/h8-17H,18H2,1-7H3,(H,57,58,59). The van der Waals surface area contributed by atoms with Gasteiger partial charge < -0.3 is 9.47 Å². The topological polar surface area (TPSA) is 184 Å². The summed E-state index contributed by atoms with van der Waals surface area (Å²) < 4.78 is 221. The highest BCUT2D eigenvalue weighted by molar-refractivity contribution is 7.91. The highest BCUT2D eigenvalue weighted by Crippen LogP contribution is 2.41. The Bertz CT molecular complexity index is 3460. The summed E-state index contributed by atoms with van der Waals surface area (Å²) in [5, 5.41) is 0. The molecule has 0 atom stereocenters. The van der Waals surface area contributed by atoms with Crippen molar-refractivity contribution in [3.05, 3.63) is 168 Å². The second kappa shape index (κ2) is 18.8. The molecule has 0 fully saturated rings. The summed E-state index contributed by atoms with van der Waals surface area (Å²) in [5.41, 5.74) is -5.91. The van der Waals surface area contributed by atoms with Crippen LogP contribution < -0.4 is 9.47 Å². The summed E-state index contributed by atoms with van der Waals surface area (Å²) in [4.78, 5) is 25.3.